The van der Waals surface area contributed by atoms with Gasteiger partial charge in [-0.2, -0.15) is 0 Å². The zero-order valence-corrected chi connectivity index (χ0v) is 10.6. The first kappa shape index (κ1) is 11.5. The van der Waals surface area contributed by atoms with Crippen molar-refractivity contribution in [3.05, 3.63) is 0 Å². The summed E-state index contributed by atoms with van der Waals surface area (Å²) in [6.07, 6.45) is 8.35. The van der Waals surface area contributed by atoms with Crippen LogP contribution >= 0.6 is 0 Å². The zero-order chi connectivity index (χ0) is 11.8. The molecule has 0 radical (unpaired) electrons. The van der Waals surface area contributed by atoms with E-state index in [1.54, 1.807) is 0 Å². The minimum absolute atomic E-state index is 0.295. The SMILES string of the molecule is NC1C2CCCC1CC(C(=O)N1CCCC1)C2. The summed E-state index contributed by atoms with van der Waals surface area (Å²) in [5.74, 6) is 1.98. The highest BCUT2D eigenvalue weighted by Gasteiger charge is 2.41. The number of fused-ring (bicyclic) bond motifs is 2. The molecule has 2 bridgehead atoms. The van der Waals surface area contributed by atoms with Crippen LogP contribution in [0, 0.1) is 17.8 Å². The number of rotatable bonds is 1. The third-order valence-corrected chi connectivity index (χ3v) is 5.18. The van der Waals surface area contributed by atoms with Gasteiger partial charge in [-0.15, -0.1) is 0 Å². The first-order valence-electron chi connectivity index (χ1n) is 7.30. The van der Waals surface area contributed by atoms with Crippen molar-refractivity contribution in [3.8, 4) is 0 Å². The number of likely N-dealkylation sites (tertiary alicyclic amines) is 1. The Kier molecular flexibility index (Phi) is 3.12. The fraction of sp³-hybridized carbons (Fsp3) is 0.929. The number of nitrogens with zero attached hydrogens (tertiary/aromatic N) is 1. The third-order valence-electron chi connectivity index (χ3n) is 5.18. The molecular formula is C14H24N2O. The van der Waals surface area contributed by atoms with Gasteiger partial charge >= 0.3 is 0 Å². The molecule has 3 aliphatic rings. The summed E-state index contributed by atoms with van der Waals surface area (Å²) in [6, 6.07) is 0.381. The van der Waals surface area contributed by atoms with E-state index < -0.39 is 0 Å². The smallest absolute Gasteiger partial charge is 0.225 e. The van der Waals surface area contributed by atoms with E-state index in [2.05, 4.69) is 4.90 Å². The van der Waals surface area contributed by atoms with Crippen molar-refractivity contribution in [1.29, 1.82) is 0 Å². The Bertz CT molecular complexity index is 285. The molecule has 1 saturated heterocycles. The normalized spacial score (nSPS) is 41.6. The molecule has 2 saturated carbocycles. The Hall–Kier alpha value is -0.570. The minimum Gasteiger partial charge on any atom is -0.342 e. The molecular weight excluding hydrogens is 212 g/mol. The van der Waals surface area contributed by atoms with Gasteiger partial charge in [0.15, 0.2) is 0 Å². The first-order chi connectivity index (χ1) is 8.25. The maximum atomic E-state index is 12.4. The highest BCUT2D eigenvalue weighted by atomic mass is 16.2. The molecule has 1 heterocycles. The van der Waals surface area contributed by atoms with E-state index in [0.717, 1.165) is 25.9 Å². The maximum Gasteiger partial charge on any atom is 0.225 e. The van der Waals surface area contributed by atoms with Crippen LogP contribution in [0.5, 0.6) is 0 Å². The summed E-state index contributed by atoms with van der Waals surface area (Å²) >= 11 is 0. The fourth-order valence-corrected chi connectivity index (χ4v) is 4.19. The molecule has 17 heavy (non-hydrogen) atoms. The largest absolute Gasteiger partial charge is 0.342 e. The van der Waals surface area contributed by atoms with E-state index in [9.17, 15) is 4.79 Å². The second-order valence-corrected chi connectivity index (χ2v) is 6.23. The van der Waals surface area contributed by atoms with Gasteiger partial charge in [-0.3, -0.25) is 4.79 Å². The molecule has 0 aromatic carbocycles. The predicted octanol–water partition coefficient (Wildman–Crippen LogP) is 1.76. The van der Waals surface area contributed by atoms with Crippen LogP contribution in [0.2, 0.25) is 0 Å². The van der Waals surface area contributed by atoms with E-state index in [-0.39, 0.29) is 0 Å². The van der Waals surface area contributed by atoms with Crippen molar-refractivity contribution in [1.82, 2.24) is 4.90 Å². The van der Waals surface area contributed by atoms with Gasteiger partial charge in [-0.1, -0.05) is 6.42 Å². The standard InChI is InChI=1S/C14H24N2O/c15-13-10-4-3-5-11(13)9-12(8-10)14(17)16-6-1-2-7-16/h10-13H,1-9,15H2. The van der Waals surface area contributed by atoms with Gasteiger partial charge in [0, 0.05) is 25.0 Å². The number of carbonyl (C=O) groups excluding carboxylic acids is 1. The van der Waals surface area contributed by atoms with Crippen molar-refractivity contribution in [2.45, 2.75) is 51.0 Å². The minimum atomic E-state index is 0.295. The molecule has 3 rings (SSSR count). The highest BCUT2D eigenvalue weighted by Crippen LogP contribution is 2.42. The summed E-state index contributed by atoms with van der Waals surface area (Å²) in [5, 5.41) is 0. The highest BCUT2D eigenvalue weighted by molar-refractivity contribution is 5.79. The molecule has 0 aromatic rings. The topological polar surface area (TPSA) is 46.3 Å². The lowest BCUT2D eigenvalue weighted by Crippen LogP contribution is -2.49. The summed E-state index contributed by atoms with van der Waals surface area (Å²) in [5.41, 5.74) is 6.28. The number of hydrogen-bond donors (Lipinski definition) is 1. The van der Waals surface area contributed by atoms with Crippen molar-refractivity contribution in [2.75, 3.05) is 13.1 Å². The van der Waals surface area contributed by atoms with Gasteiger partial charge in [0.1, 0.15) is 0 Å². The molecule has 0 spiro atoms. The second-order valence-electron chi connectivity index (χ2n) is 6.23. The molecule has 3 heteroatoms. The number of nitrogens with two attached hydrogens (primary N) is 1. The van der Waals surface area contributed by atoms with Gasteiger partial charge in [0.25, 0.3) is 0 Å². The lowest BCUT2D eigenvalue weighted by Gasteiger charge is -2.44. The van der Waals surface area contributed by atoms with Crippen LogP contribution in [-0.4, -0.2) is 29.9 Å². The zero-order valence-electron chi connectivity index (χ0n) is 10.6. The number of hydrogen-bond acceptors (Lipinski definition) is 2. The van der Waals surface area contributed by atoms with Gasteiger partial charge in [0.05, 0.1) is 0 Å². The van der Waals surface area contributed by atoms with E-state index in [1.807, 2.05) is 0 Å². The average Bonchev–Trinajstić information content (AvgIpc) is 2.81. The van der Waals surface area contributed by atoms with Gasteiger partial charge in [0.2, 0.25) is 5.91 Å². The molecule has 0 aromatic heterocycles. The van der Waals surface area contributed by atoms with Crippen molar-refractivity contribution >= 4 is 5.91 Å². The first-order valence-corrected chi connectivity index (χ1v) is 7.30. The Labute approximate surface area is 104 Å². The number of carbonyl (C=O) groups is 1. The molecule has 3 fully saturated rings. The number of amides is 1. The predicted molar refractivity (Wildman–Crippen MR) is 67.3 cm³/mol. The summed E-state index contributed by atoms with van der Waals surface area (Å²) in [6.45, 7) is 1.99. The van der Waals surface area contributed by atoms with Crippen molar-refractivity contribution < 1.29 is 4.79 Å². The molecule has 2 unspecified atom stereocenters. The quantitative estimate of drug-likeness (QED) is 0.754. The Morgan fingerprint density at radius 3 is 2.18 bits per heavy atom. The van der Waals surface area contributed by atoms with Crippen LogP contribution in [0.25, 0.3) is 0 Å². The average molecular weight is 236 g/mol. The van der Waals surface area contributed by atoms with E-state index in [1.165, 1.54) is 32.1 Å². The Morgan fingerprint density at radius 1 is 1.00 bits per heavy atom. The molecule has 96 valence electrons. The molecule has 1 amide bonds. The van der Waals surface area contributed by atoms with Gasteiger partial charge < -0.3 is 10.6 Å². The Morgan fingerprint density at radius 2 is 1.59 bits per heavy atom. The monoisotopic (exact) mass is 236 g/mol. The van der Waals surface area contributed by atoms with Crippen LogP contribution in [0.1, 0.15) is 44.9 Å². The van der Waals surface area contributed by atoms with Gasteiger partial charge in [-0.25, -0.2) is 0 Å². The van der Waals surface area contributed by atoms with Crippen molar-refractivity contribution in [3.63, 3.8) is 0 Å². The summed E-state index contributed by atoms with van der Waals surface area (Å²) in [4.78, 5) is 14.5. The fourth-order valence-electron chi connectivity index (χ4n) is 4.19. The van der Waals surface area contributed by atoms with Crippen LogP contribution in [0.4, 0.5) is 0 Å². The third kappa shape index (κ3) is 2.10. The maximum absolute atomic E-state index is 12.4. The molecule has 2 atom stereocenters. The summed E-state index contributed by atoms with van der Waals surface area (Å²) in [7, 11) is 0. The lowest BCUT2D eigenvalue weighted by molar-refractivity contribution is -0.137. The molecule has 1 aliphatic heterocycles. The van der Waals surface area contributed by atoms with Crippen LogP contribution in [0.3, 0.4) is 0 Å². The molecule has 3 nitrogen and oxygen atoms in total. The molecule has 2 aliphatic carbocycles. The van der Waals surface area contributed by atoms with E-state index in [4.69, 9.17) is 5.73 Å². The Balaban J connectivity index is 1.66. The van der Waals surface area contributed by atoms with E-state index >= 15 is 0 Å². The van der Waals surface area contributed by atoms with Crippen LogP contribution in [-0.2, 0) is 4.79 Å². The van der Waals surface area contributed by atoms with Crippen LogP contribution in [0.15, 0.2) is 0 Å². The second kappa shape index (κ2) is 4.60. The molecule has 2 N–H and O–H groups in total. The van der Waals surface area contributed by atoms with Crippen LogP contribution < -0.4 is 5.73 Å². The lowest BCUT2D eigenvalue weighted by atomic mass is 9.65. The summed E-state index contributed by atoms with van der Waals surface area (Å²) < 4.78 is 0. The van der Waals surface area contributed by atoms with Gasteiger partial charge in [-0.05, 0) is 50.4 Å². The van der Waals surface area contributed by atoms with Crippen molar-refractivity contribution in [2.24, 2.45) is 23.5 Å². The van der Waals surface area contributed by atoms with E-state index in [0.29, 0.717) is 29.7 Å².